The number of thiazole rings is 1. The van der Waals surface area contributed by atoms with E-state index in [1.54, 1.807) is 10.9 Å². The van der Waals surface area contributed by atoms with Crippen LogP contribution in [-0.4, -0.2) is 33.8 Å². The number of nitrogens with one attached hydrogen (secondary N) is 2. The third kappa shape index (κ3) is 4.45. The molecule has 0 bridgehead atoms. The summed E-state index contributed by atoms with van der Waals surface area (Å²) in [5.74, 6) is 0.569. The first-order chi connectivity index (χ1) is 10.1. The highest BCUT2D eigenvalue weighted by atomic mass is 32.1. The molecule has 1 amide bonds. The van der Waals surface area contributed by atoms with Gasteiger partial charge in [-0.2, -0.15) is 5.10 Å². The smallest absolute Gasteiger partial charge is 0.265 e. The molecule has 2 heterocycles. The fraction of sp³-hybridized carbons (Fsp3) is 0.462. The zero-order valence-electron chi connectivity index (χ0n) is 12.2. The molecule has 0 radical (unpaired) electrons. The Hall–Kier alpha value is -2.09. The van der Waals surface area contributed by atoms with E-state index < -0.39 is 0 Å². The predicted octanol–water partition coefficient (Wildman–Crippen LogP) is 1.42. The van der Waals surface area contributed by atoms with Crippen LogP contribution in [0.3, 0.4) is 0 Å². The maximum absolute atomic E-state index is 12.1. The first-order valence-electron chi connectivity index (χ1n) is 6.82. The fourth-order valence-corrected chi connectivity index (χ4v) is 2.47. The topological polar surface area (TPSA) is 97.9 Å². The summed E-state index contributed by atoms with van der Waals surface area (Å²) in [6, 6.07) is 1.84. The molecule has 2 aromatic heterocycles. The highest BCUT2D eigenvalue weighted by Crippen LogP contribution is 2.24. The lowest BCUT2D eigenvalue weighted by molar-refractivity contribution is 0.0956. The average molecular weight is 308 g/mol. The number of nitrogens with two attached hydrogens (primary N) is 1. The Morgan fingerprint density at radius 1 is 1.52 bits per heavy atom. The van der Waals surface area contributed by atoms with Gasteiger partial charge in [-0.3, -0.25) is 9.48 Å². The summed E-state index contributed by atoms with van der Waals surface area (Å²) < 4.78 is 1.76. The van der Waals surface area contributed by atoms with E-state index in [2.05, 4.69) is 34.6 Å². The molecule has 2 aromatic rings. The zero-order valence-corrected chi connectivity index (χ0v) is 13.0. The molecule has 114 valence electrons. The van der Waals surface area contributed by atoms with Crippen molar-refractivity contribution in [2.24, 2.45) is 5.92 Å². The Kier molecular flexibility index (Phi) is 5.15. The van der Waals surface area contributed by atoms with Crippen LogP contribution >= 0.6 is 11.3 Å². The van der Waals surface area contributed by atoms with Gasteiger partial charge in [-0.15, -0.1) is 0 Å². The number of carbonyl (C=O) groups excluding carboxylic acids is 1. The average Bonchev–Trinajstić information content (AvgIpc) is 3.06. The second-order valence-electron chi connectivity index (χ2n) is 5.03. The minimum Gasteiger partial charge on any atom is -0.382 e. The van der Waals surface area contributed by atoms with Crippen LogP contribution < -0.4 is 16.4 Å². The number of amides is 1. The van der Waals surface area contributed by atoms with Gasteiger partial charge in [0.05, 0.1) is 6.54 Å². The Bertz CT molecular complexity index is 578. The van der Waals surface area contributed by atoms with Gasteiger partial charge in [0.2, 0.25) is 0 Å². The molecule has 0 aliphatic rings. The Labute approximate surface area is 127 Å². The van der Waals surface area contributed by atoms with Crippen molar-refractivity contribution in [2.45, 2.75) is 20.4 Å². The van der Waals surface area contributed by atoms with E-state index in [4.69, 9.17) is 5.73 Å². The highest BCUT2D eigenvalue weighted by Gasteiger charge is 2.15. The number of hydrogen-bond acceptors (Lipinski definition) is 6. The molecule has 7 nitrogen and oxygen atoms in total. The zero-order chi connectivity index (χ0) is 15.2. The molecule has 2 rings (SSSR count). The summed E-state index contributed by atoms with van der Waals surface area (Å²) in [5.41, 5.74) is 5.80. The van der Waals surface area contributed by atoms with Crippen LogP contribution in [0.5, 0.6) is 0 Å². The molecule has 0 fully saturated rings. The molecule has 8 heteroatoms. The quantitative estimate of drug-likeness (QED) is 0.718. The monoisotopic (exact) mass is 308 g/mol. The van der Waals surface area contributed by atoms with Crippen LogP contribution in [-0.2, 0) is 6.54 Å². The summed E-state index contributed by atoms with van der Waals surface area (Å²) in [6.45, 7) is 6.12. The SMILES string of the molecule is CC(C)CNc1nc(N)c(C(=O)NCCn2cccn2)s1. The molecule has 4 N–H and O–H groups in total. The highest BCUT2D eigenvalue weighted by molar-refractivity contribution is 7.18. The lowest BCUT2D eigenvalue weighted by Gasteiger charge is -2.04. The summed E-state index contributed by atoms with van der Waals surface area (Å²) >= 11 is 1.28. The van der Waals surface area contributed by atoms with Gasteiger partial charge in [-0.1, -0.05) is 25.2 Å². The normalized spacial score (nSPS) is 10.8. The minimum atomic E-state index is -0.199. The molecule has 0 unspecified atom stereocenters. The molecule has 0 saturated heterocycles. The van der Waals surface area contributed by atoms with Crippen LogP contribution in [0.15, 0.2) is 18.5 Å². The summed E-state index contributed by atoms with van der Waals surface area (Å²) in [7, 11) is 0. The third-order valence-corrected chi connectivity index (χ3v) is 3.73. The maximum Gasteiger partial charge on any atom is 0.265 e. The van der Waals surface area contributed by atoms with Crippen molar-refractivity contribution < 1.29 is 4.79 Å². The lowest BCUT2D eigenvalue weighted by atomic mass is 10.2. The molecule has 0 aromatic carbocycles. The van der Waals surface area contributed by atoms with Gasteiger partial charge in [0.1, 0.15) is 10.7 Å². The second kappa shape index (κ2) is 7.07. The molecule has 0 spiro atoms. The van der Waals surface area contributed by atoms with Gasteiger partial charge in [0, 0.05) is 25.5 Å². The van der Waals surface area contributed by atoms with Gasteiger partial charge in [-0.05, 0) is 12.0 Å². The van der Waals surface area contributed by atoms with Crippen LogP contribution in [0.4, 0.5) is 10.9 Å². The van der Waals surface area contributed by atoms with E-state index in [0.717, 1.165) is 6.54 Å². The number of carbonyl (C=O) groups is 1. The number of hydrogen-bond donors (Lipinski definition) is 3. The lowest BCUT2D eigenvalue weighted by Crippen LogP contribution is -2.27. The Morgan fingerprint density at radius 3 is 3.00 bits per heavy atom. The maximum atomic E-state index is 12.1. The fourth-order valence-electron chi connectivity index (χ4n) is 1.66. The van der Waals surface area contributed by atoms with Crippen molar-refractivity contribution in [3.05, 3.63) is 23.3 Å². The van der Waals surface area contributed by atoms with Crippen molar-refractivity contribution in [3.63, 3.8) is 0 Å². The van der Waals surface area contributed by atoms with E-state index in [0.29, 0.717) is 29.0 Å². The molecule has 21 heavy (non-hydrogen) atoms. The summed E-state index contributed by atoms with van der Waals surface area (Å²) in [6.07, 6.45) is 3.55. The van der Waals surface area contributed by atoms with Gasteiger partial charge in [0.15, 0.2) is 5.13 Å². The molecule has 0 atom stereocenters. The van der Waals surface area contributed by atoms with E-state index in [-0.39, 0.29) is 11.7 Å². The Balaban J connectivity index is 1.86. The summed E-state index contributed by atoms with van der Waals surface area (Å²) in [4.78, 5) is 16.7. The van der Waals surface area contributed by atoms with Gasteiger partial charge in [0.25, 0.3) is 5.91 Å². The molecular formula is C13H20N6OS. The largest absolute Gasteiger partial charge is 0.382 e. The van der Waals surface area contributed by atoms with E-state index >= 15 is 0 Å². The number of aromatic nitrogens is 3. The minimum absolute atomic E-state index is 0.199. The number of anilines is 2. The van der Waals surface area contributed by atoms with Crippen LogP contribution in [0.1, 0.15) is 23.5 Å². The van der Waals surface area contributed by atoms with Crippen molar-refractivity contribution in [1.82, 2.24) is 20.1 Å². The Morgan fingerprint density at radius 2 is 2.33 bits per heavy atom. The van der Waals surface area contributed by atoms with Gasteiger partial charge in [-0.25, -0.2) is 4.98 Å². The van der Waals surface area contributed by atoms with Gasteiger partial charge < -0.3 is 16.4 Å². The number of rotatable bonds is 7. The van der Waals surface area contributed by atoms with E-state index in [9.17, 15) is 4.79 Å². The van der Waals surface area contributed by atoms with E-state index in [1.165, 1.54) is 11.3 Å². The van der Waals surface area contributed by atoms with Crippen molar-refractivity contribution >= 4 is 28.2 Å². The number of nitrogens with zero attached hydrogens (tertiary/aromatic N) is 3. The predicted molar refractivity (Wildman–Crippen MR) is 84.4 cm³/mol. The van der Waals surface area contributed by atoms with Gasteiger partial charge >= 0.3 is 0 Å². The van der Waals surface area contributed by atoms with Crippen LogP contribution in [0.25, 0.3) is 0 Å². The van der Waals surface area contributed by atoms with Crippen LogP contribution in [0.2, 0.25) is 0 Å². The van der Waals surface area contributed by atoms with Crippen molar-refractivity contribution in [3.8, 4) is 0 Å². The second-order valence-corrected chi connectivity index (χ2v) is 6.03. The molecular weight excluding hydrogens is 288 g/mol. The molecule has 0 aliphatic heterocycles. The van der Waals surface area contributed by atoms with Crippen LogP contribution in [0, 0.1) is 5.92 Å². The third-order valence-electron chi connectivity index (χ3n) is 2.71. The van der Waals surface area contributed by atoms with Crippen molar-refractivity contribution in [2.75, 3.05) is 24.1 Å². The standard InChI is InChI=1S/C13H20N6OS/c1-9(2)8-16-13-18-11(14)10(21-13)12(20)15-5-7-19-6-3-4-17-19/h3-4,6,9H,5,7-8,14H2,1-2H3,(H,15,20)(H,16,18). The first-order valence-corrected chi connectivity index (χ1v) is 7.63. The summed E-state index contributed by atoms with van der Waals surface area (Å²) in [5, 5.41) is 10.7. The van der Waals surface area contributed by atoms with E-state index in [1.807, 2.05) is 12.3 Å². The van der Waals surface area contributed by atoms with Crippen molar-refractivity contribution in [1.29, 1.82) is 0 Å². The molecule has 0 saturated carbocycles. The first kappa shape index (κ1) is 15.3. The number of nitrogen functional groups attached to an aromatic ring is 1. The molecule has 0 aliphatic carbocycles.